The Morgan fingerprint density at radius 1 is 1.50 bits per heavy atom. The number of hydrogen-bond acceptors (Lipinski definition) is 3. The Kier molecular flexibility index (Phi) is 4.19. The summed E-state index contributed by atoms with van der Waals surface area (Å²) in [5.41, 5.74) is 0. The molecule has 6 heteroatoms. The van der Waals surface area contributed by atoms with Gasteiger partial charge in [0.15, 0.2) is 5.75 Å². The van der Waals surface area contributed by atoms with E-state index in [1.54, 1.807) is 0 Å². The standard InChI is InChI=1S/C6H13NO4S/c1-5(2)3-7-12(10,11)4-6(8)9/h5,7H,3-4H2,1-2H3,(H,8,9). The Hall–Kier alpha value is -0.620. The van der Waals surface area contributed by atoms with Crippen LogP contribution in [0.1, 0.15) is 13.8 Å². The highest BCUT2D eigenvalue weighted by Crippen LogP contribution is 1.90. The van der Waals surface area contributed by atoms with Crippen molar-refractivity contribution in [3.8, 4) is 0 Å². The zero-order valence-corrected chi connectivity index (χ0v) is 7.89. The number of rotatable bonds is 5. The molecule has 0 amide bonds. The maximum atomic E-state index is 10.9. The first-order valence-corrected chi connectivity index (χ1v) is 5.18. The second kappa shape index (κ2) is 4.42. The van der Waals surface area contributed by atoms with Gasteiger partial charge in [-0.3, -0.25) is 4.79 Å². The SMILES string of the molecule is CC(C)CNS(=O)(=O)CC(=O)O. The molecule has 0 saturated carbocycles. The fraction of sp³-hybridized carbons (Fsp3) is 0.833. The first-order valence-electron chi connectivity index (χ1n) is 3.52. The summed E-state index contributed by atoms with van der Waals surface area (Å²) in [5, 5.41) is 8.20. The molecule has 0 aliphatic carbocycles. The zero-order chi connectivity index (χ0) is 9.78. The Balaban J connectivity index is 3.98. The predicted octanol–water partition coefficient (Wildman–Crippen LogP) is -0.354. The van der Waals surface area contributed by atoms with Gasteiger partial charge in [-0.25, -0.2) is 13.1 Å². The number of carboxylic acid groups (broad SMARTS) is 1. The summed E-state index contributed by atoms with van der Waals surface area (Å²) in [6, 6.07) is 0. The predicted molar refractivity (Wildman–Crippen MR) is 44.3 cm³/mol. The molecule has 0 heterocycles. The summed E-state index contributed by atoms with van der Waals surface area (Å²) < 4.78 is 23.9. The van der Waals surface area contributed by atoms with E-state index in [9.17, 15) is 13.2 Å². The number of sulfonamides is 1. The summed E-state index contributed by atoms with van der Waals surface area (Å²) in [6.07, 6.45) is 0. The van der Waals surface area contributed by atoms with Crippen LogP contribution in [0, 0.1) is 5.92 Å². The van der Waals surface area contributed by atoms with Crippen LogP contribution in [0.2, 0.25) is 0 Å². The van der Waals surface area contributed by atoms with Crippen molar-refractivity contribution < 1.29 is 18.3 Å². The van der Waals surface area contributed by atoms with Crippen LogP contribution in [0.5, 0.6) is 0 Å². The van der Waals surface area contributed by atoms with Gasteiger partial charge in [-0.2, -0.15) is 0 Å². The maximum Gasteiger partial charge on any atom is 0.320 e. The molecule has 0 unspecified atom stereocenters. The van der Waals surface area contributed by atoms with Gasteiger partial charge in [0.05, 0.1) is 0 Å². The summed E-state index contributed by atoms with van der Waals surface area (Å²) in [5.74, 6) is -2.03. The number of aliphatic carboxylic acids is 1. The molecule has 0 aliphatic heterocycles. The van der Waals surface area contributed by atoms with E-state index in [0.717, 1.165) is 0 Å². The molecule has 0 aliphatic rings. The van der Waals surface area contributed by atoms with E-state index in [1.807, 2.05) is 13.8 Å². The summed E-state index contributed by atoms with van der Waals surface area (Å²) in [6.45, 7) is 3.95. The first kappa shape index (κ1) is 11.4. The minimum absolute atomic E-state index is 0.175. The van der Waals surface area contributed by atoms with Gasteiger partial charge >= 0.3 is 5.97 Å². The third kappa shape index (κ3) is 6.11. The molecule has 0 aromatic rings. The molecule has 0 atom stereocenters. The van der Waals surface area contributed by atoms with E-state index in [-0.39, 0.29) is 12.5 Å². The normalized spacial score (nSPS) is 11.9. The highest BCUT2D eigenvalue weighted by Gasteiger charge is 2.14. The number of nitrogens with one attached hydrogen (secondary N) is 1. The largest absolute Gasteiger partial charge is 0.480 e. The van der Waals surface area contributed by atoms with Crippen LogP contribution >= 0.6 is 0 Å². The van der Waals surface area contributed by atoms with E-state index in [4.69, 9.17) is 5.11 Å². The van der Waals surface area contributed by atoms with Gasteiger partial charge < -0.3 is 5.11 Å². The molecule has 0 radical (unpaired) electrons. The van der Waals surface area contributed by atoms with Gasteiger partial charge in [0.2, 0.25) is 10.0 Å². The quantitative estimate of drug-likeness (QED) is 0.628. The van der Waals surface area contributed by atoms with Gasteiger partial charge in [0.1, 0.15) is 0 Å². The van der Waals surface area contributed by atoms with Crippen LogP contribution in [0.25, 0.3) is 0 Å². The molecule has 72 valence electrons. The molecule has 0 spiro atoms. The lowest BCUT2D eigenvalue weighted by atomic mass is 10.2. The summed E-state index contributed by atoms with van der Waals surface area (Å²) >= 11 is 0. The molecule has 12 heavy (non-hydrogen) atoms. The number of hydrogen-bond donors (Lipinski definition) is 2. The average molecular weight is 195 g/mol. The van der Waals surface area contributed by atoms with Crippen molar-refractivity contribution in [2.45, 2.75) is 13.8 Å². The third-order valence-electron chi connectivity index (χ3n) is 1.02. The van der Waals surface area contributed by atoms with Gasteiger partial charge in [0.25, 0.3) is 0 Å². The van der Waals surface area contributed by atoms with Crippen LogP contribution < -0.4 is 4.72 Å². The minimum atomic E-state index is -3.63. The van der Waals surface area contributed by atoms with Crippen LogP contribution in [-0.2, 0) is 14.8 Å². The van der Waals surface area contributed by atoms with E-state index < -0.39 is 21.7 Å². The van der Waals surface area contributed by atoms with Crippen LogP contribution in [0.3, 0.4) is 0 Å². The third-order valence-corrected chi connectivity index (χ3v) is 2.26. The highest BCUT2D eigenvalue weighted by atomic mass is 32.2. The van der Waals surface area contributed by atoms with Crippen molar-refractivity contribution in [2.24, 2.45) is 5.92 Å². The van der Waals surface area contributed by atoms with E-state index in [0.29, 0.717) is 0 Å². The number of carbonyl (C=O) groups is 1. The second-order valence-electron chi connectivity index (χ2n) is 2.90. The van der Waals surface area contributed by atoms with Gasteiger partial charge in [0, 0.05) is 6.54 Å². The molecule has 0 aromatic carbocycles. The molecule has 0 rings (SSSR count). The molecule has 0 saturated heterocycles. The zero-order valence-electron chi connectivity index (χ0n) is 7.07. The molecular formula is C6H13NO4S. The highest BCUT2D eigenvalue weighted by molar-refractivity contribution is 7.90. The Morgan fingerprint density at radius 3 is 2.33 bits per heavy atom. The molecule has 0 fully saturated rings. The van der Waals surface area contributed by atoms with Crippen molar-refractivity contribution in [3.05, 3.63) is 0 Å². The van der Waals surface area contributed by atoms with Crippen LogP contribution in [0.4, 0.5) is 0 Å². The van der Waals surface area contributed by atoms with Crippen LogP contribution in [-0.4, -0.2) is 31.8 Å². The molecule has 2 N–H and O–H groups in total. The summed E-state index contributed by atoms with van der Waals surface area (Å²) in [4.78, 5) is 10.0. The fourth-order valence-electron chi connectivity index (χ4n) is 0.507. The van der Waals surface area contributed by atoms with E-state index >= 15 is 0 Å². The van der Waals surface area contributed by atoms with Crippen molar-refractivity contribution in [3.63, 3.8) is 0 Å². The van der Waals surface area contributed by atoms with Gasteiger partial charge in [-0.1, -0.05) is 13.8 Å². The minimum Gasteiger partial charge on any atom is -0.480 e. The van der Waals surface area contributed by atoms with Crippen LogP contribution in [0.15, 0.2) is 0 Å². The van der Waals surface area contributed by atoms with Crippen molar-refractivity contribution in [1.82, 2.24) is 4.72 Å². The topological polar surface area (TPSA) is 83.5 Å². The first-order chi connectivity index (χ1) is 5.33. The molecule has 0 aromatic heterocycles. The average Bonchev–Trinajstić information content (AvgIpc) is 1.81. The van der Waals surface area contributed by atoms with E-state index in [2.05, 4.69) is 4.72 Å². The molecule has 5 nitrogen and oxygen atoms in total. The second-order valence-corrected chi connectivity index (χ2v) is 4.70. The molecular weight excluding hydrogens is 182 g/mol. The van der Waals surface area contributed by atoms with Gasteiger partial charge in [-0.05, 0) is 5.92 Å². The lowest BCUT2D eigenvalue weighted by Crippen LogP contribution is -2.32. The maximum absolute atomic E-state index is 10.9. The van der Waals surface area contributed by atoms with E-state index in [1.165, 1.54) is 0 Å². The molecule has 0 bridgehead atoms. The van der Waals surface area contributed by atoms with Crippen molar-refractivity contribution in [1.29, 1.82) is 0 Å². The Bertz CT molecular complexity index is 244. The monoisotopic (exact) mass is 195 g/mol. The van der Waals surface area contributed by atoms with Crippen molar-refractivity contribution in [2.75, 3.05) is 12.3 Å². The smallest absolute Gasteiger partial charge is 0.320 e. The lowest BCUT2D eigenvalue weighted by Gasteiger charge is -2.05. The lowest BCUT2D eigenvalue weighted by molar-refractivity contribution is -0.134. The Morgan fingerprint density at radius 2 is 2.00 bits per heavy atom. The number of carboxylic acids is 1. The Labute approximate surface area is 71.8 Å². The fourth-order valence-corrected chi connectivity index (χ4v) is 1.52. The van der Waals surface area contributed by atoms with Crippen molar-refractivity contribution >= 4 is 16.0 Å². The summed E-state index contributed by atoms with van der Waals surface area (Å²) in [7, 11) is -3.63. The van der Waals surface area contributed by atoms with Gasteiger partial charge in [-0.15, -0.1) is 0 Å².